The second kappa shape index (κ2) is 3.96. The van der Waals surface area contributed by atoms with Crippen molar-refractivity contribution in [1.29, 1.82) is 0 Å². The van der Waals surface area contributed by atoms with E-state index in [0.29, 0.717) is 11.4 Å². The van der Waals surface area contributed by atoms with Crippen LogP contribution in [0.25, 0.3) is 21.9 Å². The maximum Gasteiger partial charge on any atom is 0.273 e. The monoisotopic (exact) mass is 257 g/mol. The van der Waals surface area contributed by atoms with E-state index >= 15 is 0 Å². The maximum absolute atomic E-state index is 12.1. The summed E-state index contributed by atoms with van der Waals surface area (Å²) in [6.07, 6.45) is 5.73. The second-order valence-electron chi connectivity index (χ2n) is 5.07. The molecule has 6 heteroatoms. The van der Waals surface area contributed by atoms with Gasteiger partial charge in [-0.1, -0.05) is 0 Å². The summed E-state index contributed by atoms with van der Waals surface area (Å²) in [7, 11) is 0. The number of hydrogen-bond acceptors (Lipinski definition) is 3. The van der Waals surface area contributed by atoms with Crippen molar-refractivity contribution in [1.82, 2.24) is 25.1 Å². The molecule has 6 nitrogen and oxygen atoms in total. The number of piperidine rings is 1. The van der Waals surface area contributed by atoms with Crippen molar-refractivity contribution in [3.63, 3.8) is 0 Å². The third kappa shape index (κ3) is 1.53. The van der Waals surface area contributed by atoms with Gasteiger partial charge in [-0.25, -0.2) is 4.98 Å². The zero-order valence-corrected chi connectivity index (χ0v) is 10.4. The van der Waals surface area contributed by atoms with E-state index in [-0.39, 0.29) is 5.56 Å². The molecule has 0 aliphatic carbocycles. The molecule has 0 radical (unpaired) electrons. The molecule has 0 amide bonds. The van der Waals surface area contributed by atoms with Crippen molar-refractivity contribution in [2.75, 3.05) is 13.1 Å². The van der Waals surface area contributed by atoms with Crippen molar-refractivity contribution in [3.8, 4) is 0 Å². The van der Waals surface area contributed by atoms with Gasteiger partial charge in [0.05, 0.1) is 16.9 Å². The summed E-state index contributed by atoms with van der Waals surface area (Å²) in [6.45, 7) is 1.95. The second-order valence-corrected chi connectivity index (χ2v) is 5.07. The van der Waals surface area contributed by atoms with Crippen LogP contribution in [0.15, 0.2) is 23.3 Å². The minimum Gasteiger partial charge on any atom is -0.346 e. The zero-order chi connectivity index (χ0) is 12.8. The van der Waals surface area contributed by atoms with Gasteiger partial charge in [-0.05, 0) is 25.5 Å². The fraction of sp³-hybridized carbons (Fsp3) is 0.385. The molecule has 1 unspecified atom stereocenters. The summed E-state index contributed by atoms with van der Waals surface area (Å²) in [5.41, 5.74) is 1.73. The first-order chi connectivity index (χ1) is 9.34. The topological polar surface area (TPSA) is 78.5 Å². The van der Waals surface area contributed by atoms with Gasteiger partial charge in [-0.2, -0.15) is 0 Å². The van der Waals surface area contributed by atoms with Gasteiger partial charge >= 0.3 is 0 Å². The molecule has 4 rings (SSSR count). The number of nitrogens with one attached hydrogen (secondary N) is 3. The molecule has 0 saturated carbocycles. The maximum atomic E-state index is 12.1. The van der Waals surface area contributed by atoms with E-state index in [4.69, 9.17) is 0 Å². The van der Waals surface area contributed by atoms with E-state index in [1.807, 2.05) is 16.9 Å². The van der Waals surface area contributed by atoms with Crippen LogP contribution in [0.1, 0.15) is 18.9 Å². The Bertz CT molecular complexity index is 790. The third-order valence-electron chi connectivity index (χ3n) is 3.90. The van der Waals surface area contributed by atoms with Gasteiger partial charge in [-0.15, -0.1) is 0 Å². The molecule has 1 aliphatic rings. The summed E-state index contributed by atoms with van der Waals surface area (Å²) in [6, 6.07) is 2.28. The molecule has 0 aromatic carbocycles. The summed E-state index contributed by atoms with van der Waals surface area (Å²) < 4.78 is 2.02. The summed E-state index contributed by atoms with van der Waals surface area (Å²) in [5.74, 6) is 0. The largest absolute Gasteiger partial charge is 0.346 e. The highest BCUT2D eigenvalue weighted by Gasteiger charge is 2.20. The molecule has 3 aromatic heterocycles. The Labute approximate surface area is 108 Å². The predicted molar refractivity (Wildman–Crippen MR) is 73.4 cm³/mol. The van der Waals surface area contributed by atoms with E-state index < -0.39 is 0 Å². The first-order valence-corrected chi connectivity index (χ1v) is 6.61. The van der Waals surface area contributed by atoms with Crippen LogP contribution in [0.2, 0.25) is 0 Å². The molecule has 4 heterocycles. The molecule has 1 atom stereocenters. The first-order valence-electron chi connectivity index (χ1n) is 6.61. The molecule has 3 aromatic rings. The van der Waals surface area contributed by atoms with Crippen LogP contribution in [-0.4, -0.2) is 32.8 Å². The van der Waals surface area contributed by atoms with Crippen molar-refractivity contribution in [2.45, 2.75) is 18.9 Å². The minimum absolute atomic E-state index is 0.0591. The fourth-order valence-corrected chi connectivity index (χ4v) is 2.97. The molecule has 1 aliphatic heterocycles. The van der Waals surface area contributed by atoms with Crippen molar-refractivity contribution >= 4 is 21.9 Å². The normalized spacial score (nSPS) is 20.3. The average molecular weight is 257 g/mol. The number of aromatic nitrogens is 4. The molecule has 0 bridgehead atoms. The van der Waals surface area contributed by atoms with Crippen LogP contribution in [-0.2, 0) is 0 Å². The lowest BCUT2D eigenvalue weighted by Crippen LogP contribution is -2.32. The van der Waals surface area contributed by atoms with Crippen molar-refractivity contribution in [3.05, 3.63) is 28.8 Å². The molecule has 98 valence electrons. The molecule has 3 N–H and O–H groups in total. The standard InChI is InChI=1S/C13H15N5O/c19-13-10-7-16-12-9(3-5-15-12)11(10)18(17-13)8-2-1-4-14-6-8/h3,5,7-8,14H,1-2,4,6H2,(H,15,16)(H,17,19). The van der Waals surface area contributed by atoms with Gasteiger partial charge in [0.1, 0.15) is 5.65 Å². The van der Waals surface area contributed by atoms with Crippen LogP contribution >= 0.6 is 0 Å². The number of aromatic amines is 2. The molecule has 19 heavy (non-hydrogen) atoms. The average Bonchev–Trinajstić information content (AvgIpc) is 3.04. The van der Waals surface area contributed by atoms with Crippen LogP contribution < -0.4 is 10.9 Å². The van der Waals surface area contributed by atoms with Crippen LogP contribution in [0, 0.1) is 0 Å². The van der Waals surface area contributed by atoms with E-state index in [9.17, 15) is 4.79 Å². The highest BCUT2D eigenvalue weighted by molar-refractivity contribution is 6.02. The number of nitrogens with zero attached hydrogens (tertiary/aromatic N) is 2. The lowest BCUT2D eigenvalue weighted by Gasteiger charge is -2.24. The fourth-order valence-electron chi connectivity index (χ4n) is 2.97. The quantitative estimate of drug-likeness (QED) is 0.611. The lowest BCUT2D eigenvalue weighted by molar-refractivity contribution is 0.354. The van der Waals surface area contributed by atoms with Gasteiger partial charge in [0.15, 0.2) is 0 Å². The summed E-state index contributed by atoms with van der Waals surface area (Å²) >= 11 is 0. The number of hydrogen-bond donors (Lipinski definition) is 3. The third-order valence-corrected chi connectivity index (χ3v) is 3.90. The molecule has 1 fully saturated rings. The minimum atomic E-state index is -0.0591. The smallest absolute Gasteiger partial charge is 0.273 e. The lowest BCUT2D eigenvalue weighted by atomic mass is 10.1. The SMILES string of the molecule is O=c1[nH]n(C2CCCNC2)c2c1cnc1[nH]ccc12. The highest BCUT2D eigenvalue weighted by atomic mass is 16.1. The van der Waals surface area contributed by atoms with Crippen LogP contribution in [0.5, 0.6) is 0 Å². The van der Waals surface area contributed by atoms with Crippen LogP contribution in [0.4, 0.5) is 0 Å². The summed E-state index contributed by atoms with van der Waals surface area (Å²) in [4.78, 5) is 19.4. The van der Waals surface area contributed by atoms with Gasteiger partial charge in [0, 0.05) is 24.3 Å². The predicted octanol–water partition coefficient (Wildman–Crippen LogP) is 1.13. The Morgan fingerprint density at radius 2 is 2.32 bits per heavy atom. The Kier molecular flexibility index (Phi) is 2.25. The Morgan fingerprint density at radius 3 is 3.16 bits per heavy atom. The van der Waals surface area contributed by atoms with E-state index in [2.05, 4.69) is 20.4 Å². The van der Waals surface area contributed by atoms with Gasteiger partial charge < -0.3 is 10.3 Å². The van der Waals surface area contributed by atoms with Gasteiger partial charge in [-0.3, -0.25) is 14.6 Å². The van der Waals surface area contributed by atoms with Crippen molar-refractivity contribution in [2.24, 2.45) is 0 Å². The molecule has 0 spiro atoms. The Hall–Kier alpha value is -2.08. The van der Waals surface area contributed by atoms with Gasteiger partial charge in [0.2, 0.25) is 0 Å². The number of H-pyrrole nitrogens is 2. The summed E-state index contributed by atoms with van der Waals surface area (Å²) in [5, 5.41) is 8.02. The van der Waals surface area contributed by atoms with Crippen LogP contribution in [0.3, 0.4) is 0 Å². The zero-order valence-electron chi connectivity index (χ0n) is 10.4. The molecular weight excluding hydrogens is 242 g/mol. The highest BCUT2D eigenvalue weighted by Crippen LogP contribution is 2.25. The number of fused-ring (bicyclic) bond motifs is 3. The molecular formula is C13H15N5O. The van der Waals surface area contributed by atoms with Crippen molar-refractivity contribution < 1.29 is 0 Å². The Morgan fingerprint density at radius 1 is 1.37 bits per heavy atom. The van der Waals surface area contributed by atoms with Gasteiger partial charge in [0.25, 0.3) is 5.56 Å². The van der Waals surface area contributed by atoms with E-state index in [1.165, 1.54) is 0 Å². The Balaban J connectivity index is 2.03. The first kappa shape index (κ1) is 10.8. The number of pyridine rings is 1. The molecule has 1 saturated heterocycles. The number of rotatable bonds is 1. The van der Waals surface area contributed by atoms with E-state index in [1.54, 1.807) is 6.20 Å². The van der Waals surface area contributed by atoms with E-state index in [0.717, 1.165) is 42.5 Å².